The number of carbonyl (C=O) groups excluding carboxylic acids is 2. The van der Waals surface area contributed by atoms with E-state index >= 15 is 0 Å². The maximum Gasteiger partial charge on any atom is 0.316 e. The van der Waals surface area contributed by atoms with Gasteiger partial charge in [-0.25, -0.2) is 4.39 Å². The summed E-state index contributed by atoms with van der Waals surface area (Å²) in [6, 6.07) is 3.67. The number of ether oxygens (including phenoxy) is 1. The average molecular weight is 273 g/mol. The summed E-state index contributed by atoms with van der Waals surface area (Å²) in [5.41, 5.74) is -0.178. The van der Waals surface area contributed by atoms with Crippen LogP contribution in [0.4, 0.5) is 4.39 Å². The first kappa shape index (κ1) is 14.6. The van der Waals surface area contributed by atoms with Crippen molar-refractivity contribution in [1.29, 1.82) is 0 Å². The normalized spacial score (nSPS) is 12.0. The van der Waals surface area contributed by atoms with E-state index in [0.29, 0.717) is 0 Å². The molecule has 0 aliphatic rings. The standard InChI is InChI=1S/C13H14ClFO3/c1-3-9(13(17)18-4-2)12(16)10-7-8(14)5-6-11(10)15/h5-7,9H,3-4H2,1-2H3. The van der Waals surface area contributed by atoms with Crippen molar-refractivity contribution in [1.82, 2.24) is 0 Å². The molecule has 0 saturated heterocycles. The quantitative estimate of drug-likeness (QED) is 0.469. The van der Waals surface area contributed by atoms with E-state index in [2.05, 4.69) is 0 Å². The Bertz CT molecular complexity index is 460. The topological polar surface area (TPSA) is 43.4 Å². The molecule has 0 aliphatic heterocycles. The zero-order valence-corrected chi connectivity index (χ0v) is 11.0. The molecular formula is C13H14ClFO3. The van der Waals surface area contributed by atoms with Crippen LogP contribution in [0.15, 0.2) is 18.2 Å². The van der Waals surface area contributed by atoms with Crippen molar-refractivity contribution in [2.45, 2.75) is 20.3 Å². The Labute approximate surface area is 110 Å². The Morgan fingerprint density at radius 1 is 1.39 bits per heavy atom. The molecule has 1 atom stereocenters. The molecule has 1 rings (SSSR count). The fourth-order valence-corrected chi connectivity index (χ4v) is 1.75. The minimum absolute atomic E-state index is 0.178. The highest BCUT2D eigenvalue weighted by Crippen LogP contribution is 2.20. The van der Waals surface area contributed by atoms with E-state index in [1.165, 1.54) is 12.1 Å². The third kappa shape index (κ3) is 3.29. The summed E-state index contributed by atoms with van der Waals surface area (Å²) in [5.74, 6) is -2.91. The first-order chi connectivity index (χ1) is 8.51. The van der Waals surface area contributed by atoms with Gasteiger partial charge in [-0.1, -0.05) is 18.5 Å². The number of hydrogen-bond acceptors (Lipinski definition) is 3. The molecule has 0 aliphatic carbocycles. The first-order valence-corrected chi connectivity index (χ1v) is 6.04. The lowest BCUT2D eigenvalue weighted by atomic mass is 9.95. The number of ketones is 1. The van der Waals surface area contributed by atoms with Crippen molar-refractivity contribution in [3.05, 3.63) is 34.6 Å². The Balaban J connectivity index is 3.03. The number of halogens is 2. The predicted octanol–water partition coefficient (Wildman–Crippen LogP) is 3.25. The molecule has 0 spiro atoms. The number of Topliss-reactive ketones (excluding diaryl/α,β-unsaturated/α-hetero) is 1. The van der Waals surface area contributed by atoms with Gasteiger partial charge in [-0.15, -0.1) is 0 Å². The highest BCUT2D eigenvalue weighted by atomic mass is 35.5. The smallest absolute Gasteiger partial charge is 0.316 e. The van der Waals surface area contributed by atoms with Gasteiger partial charge in [0.15, 0.2) is 5.78 Å². The van der Waals surface area contributed by atoms with Crippen molar-refractivity contribution in [2.24, 2.45) is 5.92 Å². The minimum Gasteiger partial charge on any atom is -0.465 e. The molecule has 0 saturated carbocycles. The highest BCUT2D eigenvalue weighted by molar-refractivity contribution is 6.31. The van der Waals surface area contributed by atoms with Crippen molar-refractivity contribution in [2.75, 3.05) is 6.61 Å². The van der Waals surface area contributed by atoms with Gasteiger partial charge in [-0.3, -0.25) is 9.59 Å². The molecule has 18 heavy (non-hydrogen) atoms. The lowest BCUT2D eigenvalue weighted by molar-refractivity contribution is -0.146. The van der Waals surface area contributed by atoms with E-state index in [0.717, 1.165) is 6.07 Å². The van der Waals surface area contributed by atoms with Gasteiger partial charge >= 0.3 is 5.97 Å². The molecule has 0 amide bonds. The maximum absolute atomic E-state index is 13.5. The Morgan fingerprint density at radius 3 is 2.61 bits per heavy atom. The van der Waals surface area contributed by atoms with Crippen molar-refractivity contribution >= 4 is 23.4 Å². The summed E-state index contributed by atoms with van der Waals surface area (Å²) in [4.78, 5) is 23.7. The van der Waals surface area contributed by atoms with Crippen LogP contribution in [0.1, 0.15) is 30.6 Å². The van der Waals surface area contributed by atoms with Crippen LogP contribution in [0, 0.1) is 11.7 Å². The molecule has 5 heteroatoms. The highest BCUT2D eigenvalue weighted by Gasteiger charge is 2.29. The summed E-state index contributed by atoms with van der Waals surface area (Å²) >= 11 is 5.71. The summed E-state index contributed by atoms with van der Waals surface area (Å²) in [5, 5.41) is 0.249. The van der Waals surface area contributed by atoms with Crippen molar-refractivity contribution in [3.63, 3.8) is 0 Å². The van der Waals surface area contributed by atoms with Crippen LogP contribution in [0.25, 0.3) is 0 Å². The largest absolute Gasteiger partial charge is 0.465 e. The summed E-state index contributed by atoms with van der Waals surface area (Å²) in [6.07, 6.45) is 0.254. The van der Waals surface area contributed by atoms with Crippen molar-refractivity contribution in [3.8, 4) is 0 Å². The number of rotatable bonds is 5. The minimum atomic E-state index is -0.988. The predicted molar refractivity (Wildman–Crippen MR) is 66.2 cm³/mol. The van der Waals surface area contributed by atoms with Crippen LogP contribution in [0.2, 0.25) is 5.02 Å². The van der Waals surface area contributed by atoms with Crippen LogP contribution in [0.3, 0.4) is 0 Å². The second kappa shape index (κ2) is 6.50. The summed E-state index contributed by atoms with van der Waals surface area (Å²) in [6.45, 7) is 3.50. The van der Waals surface area contributed by atoms with Gasteiger partial charge in [0.1, 0.15) is 11.7 Å². The van der Waals surface area contributed by atoms with Gasteiger partial charge in [0.2, 0.25) is 0 Å². The fourth-order valence-electron chi connectivity index (χ4n) is 1.58. The molecule has 3 nitrogen and oxygen atoms in total. The molecule has 0 bridgehead atoms. The van der Waals surface area contributed by atoms with E-state index in [-0.39, 0.29) is 23.6 Å². The van der Waals surface area contributed by atoms with Crippen LogP contribution < -0.4 is 0 Å². The summed E-state index contributed by atoms with van der Waals surface area (Å²) < 4.78 is 18.3. The van der Waals surface area contributed by atoms with E-state index in [4.69, 9.17) is 16.3 Å². The lowest BCUT2D eigenvalue weighted by Gasteiger charge is -2.13. The van der Waals surface area contributed by atoms with Crippen LogP contribution in [-0.2, 0) is 9.53 Å². The molecule has 1 aromatic rings. The molecule has 1 unspecified atom stereocenters. The van der Waals surface area contributed by atoms with Gasteiger partial charge in [0.05, 0.1) is 12.2 Å². The molecule has 0 aromatic heterocycles. The van der Waals surface area contributed by atoms with Gasteiger partial charge in [0.25, 0.3) is 0 Å². The van der Waals surface area contributed by atoms with Gasteiger partial charge in [-0.05, 0) is 31.5 Å². The molecule has 0 fully saturated rings. The number of esters is 1. The zero-order chi connectivity index (χ0) is 13.7. The SMILES string of the molecule is CCOC(=O)C(CC)C(=O)c1cc(Cl)ccc1F. The van der Waals surface area contributed by atoms with Gasteiger partial charge in [0, 0.05) is 5.02 Å². The number of benzene rings is 1. The second-order valence-electron chi connectivity index (χ2n) is 3.70. The Kier molecular flexibility index (Phi) is 5.28. The molecule has 0 N–H and O–H groups in total. The van der Waals surface area contributed by atoms with E-state index in [1.807, 2.05) is 0 Å². The fraction of sp³-hybridized carbons (Fsp3) is 0.385. The molecule has 98 valence electrons. The van der Waals surface area contributed by atoms with Crippen LogP contribution in [0.5, 0.6) is 0 Å². The Hall–Kier alpha value is -1.42. The number of hydrogen-bond donors (Lipinski definition) is 0. The molecular weight excluding hydrogens is 259 g/mol. The monoisotopic (exact) mass is 272 g/mol. The second-order valence-corrected chi connectivity index (χ2v) is 4.14. The third-order valence-electron chi connectivity index (χ3n) is 2.49. The molecule has 1 aromatic carbocycles. The summed E-state index contributed by atoms with van der Waals surface area (Å²) in [7, 11) is 0. The average Bonchev–Trinajstić information content (AvgIpc) is 2.33. The van der Waals surface area contributed by atoms with Gasteiger partial charge < -0.3 is 4.74 Å². The van der Waals surface area contributed by atoms with Crippen molar-refractivity contribution < 1.29 is 18.7 Å². The van der Waals surface area contributed by atoms with E-state index in [1.54, 1.807) is 13.8 Å². The third-order valence-corrected chi connectivity index (χ3v) is 2.72. The molecule has 0 heterocycles. The van der Waals surface area contributed by atoms with E-state index in [9.17, 15) is 14.0 Å². The maximum atomic E-state index is 13.5. The number of carbonyl (C=O) groups is 2. The zero-order valence-electron chi connectivity index (χ0n) is 10.2. The first-order valence-electron chi connectivity index (χ1n) is 5.67. The van der Waals surface area contributed by atoms with E-state index < -0.39 is 23.5 Å². The molecule has 0 radical (unpaired) electrons. The Morgan fingerprint density at radius 2 is 2.06 bits per heavy atom. The van der Waals surface area contributed by atoms with Crippen LogP contribution in [-0.4, -0.2) is 18.4 Å². The van der Waals surface area contributed by atoms with Gasteiger partial charge in [-0.2, -0.15) is 0 Å². The lowest BCUT2D eigenvalue weighted by Crippen LogP contribution is -2.26. The van der Waals surface area contributed by atoms with Crippen LogP contribution >= 0.6 is 11.6 Å².